The first kappa shape index (κ1) is 61.2. The molecule has 9 heteroatoms. The molecule has 0 aliphatic rings. The Morgan fingerprint density at radius 3 is 1.28 bits per heavy atom. The normalized spacial score (nSPS) is 13.2. The summed E-state index contributed by atoms with van der Waals surface area (Å²) in [5.74, 6) is -2.02. The molecule has 2 unspecified atom stereocenters. The lowest BCUT2D eigenvalue weighted by molar-refractivity contribution is -0.870. The smallest absolute Gasteiger partial charge is 0.361 e. The standard InChI is InChI=1S/C55H99NO8/c1-6-8-10-12-14-16-18-20-22-23-24-25-26-27-28-29-30-31-32-34-36-38-40-42-44-46-53(58)64-51(50-63-55(54(59)60)61-48-47-56(3,4)5)49-62-52(57)45-43-41-39-37-35-33-21-19-17-15-13-11-9-7-2/h13,15,18-21,23-24,51,55H,6-12,14,16-17,22,25-50H2,1-5H3/p+1/b15-13-,20-18-,21-19-,24-23-. The summed E-state index contributed by atoms with van der Waals surface area (Å²) in [4.78, 5) is 37.3. The summed E-state index contributed by atoms with van der Waals surface area (Å²) < 4.78 is 22.8. The van der Waals surface area contributed by atoms with Gasteiger partial charge < -0.3 is 28.5 Å². The zero-order valence-corrected chi connectivity index (χ0v) is 42.2. The molecular formula is C55H100NO8+. The minimum absolute atomic E-state index is 0.184. The highest BCUT2D eigenvalue weighted by molar-refractivity contribution is 5.71. The topological polar surface area (TPSA) is 108 Å². The lowest BCUT2D eigenvalue weighted by Gasteiger charge is -2.25. The van der Waals surface area contributed by atoms with Gasteiger partial charge in [-0.15, -0.1) is 0 Å². The van der Waals surface area contributed by atoms with Gasteiger partial charge in [0.15, 0.2) is 6.10 Å². The molecule has 0 saturated carbocycles. The van der Waals surface area contributed by atoms with E-state index in [-0.39, 0.29) is 38.6 Å². The fraction of sp³-hybridized carbons (Fsp3) is 0.800. The number of hydrogen-bond acceptors (Lipinski definition) is 7. The Morgan fingerprint density at radius 2 is 0.859 bits per heavy atom. The van der Waals surface area contributed by atoms with Gasteiger partial charge in [0.2, 0.25) is 0 Å². The van der Waals surface area contributed by atoms with Crippen molar-refractivity contribution in [1.29, 1.82) is 0 Å². The molecule has 0 aliphatic heterocycles. The first-order valence-electron chi connectivity index (χ1n) is 26.3. The minimum Gasteiger partial charge on any atom is -0.477 e. The van der Waals surface area contributed by atoms with Gasteiger partial charge in [-0.05, 0) is 70.6 Å². The van der Waals surface area contributed by atoms with Crippen LogP contribution in [0.15, 0.2) is 48.6 Å². The highest BCUT2D eigenvalue weighted by Gasteiger charge is 2.25. The van der Waals surface area contributed by atoms with Crippen molar-refractivity contribution in [2.45, 2.75) is 238 Å². The zero-order valence-electron chi connectivity index (χ0n) is 42.2. The molecule has 0 rings (SSSR count). The van der Waals surface area contributed by atoms with Gasteiger partial charge in [-0.2, -0.15) is 0 Å². The van der Waals surface area contributed by atoms with Crippen LogP contribution in [0.3, 0.4) is 0 Å². The number of unbranched alkanes of at least 4 members (excludes halogenated alkanes) is 25. The van der Waals surface area contributed by atoms with Crippen LogP contribution < -0.4 is 0 Å². The molecule has 1 N–H and O–H groups in total. The summed E-state index contributed by atoms with van der Waals surface area (Å²) in [5.41, 5.74) is 0. The van der Waals surface area contributed by atoms with Gasteiger partial charge in [-0.25, -0.2) is 4.79 Å². The monoisotopic (exact) mass is 903 g/mol. The van der Waals surface area contributed by atoms with Crippen molar-refractivity contribution in [3.63, 3.8) is 0 Å². The molecule has 0 aromatic carbocycles. The molecule has 0 saturated heterocycles. The van der Waals surface area contributed by atoms with Crippen LogP contribution in [0.25, 0.3) is 0 Å². The third-order valence-electron chi connectivity index (χ3n) is 11.3. The van der Waals surface area contributed by atoms with Gasteiger partial charge in [0.05, 0.1) is 34.4 Å². The highest BCUT2D eigenvalue weighted by atomic mass is 16.7. The minimum atomic E-state index is -1.51. The van der Waals surface area contributed by atoms with Crippen molar-refractivity contribution in [2.75, 3.05) is 47.5 Å². The predicted octanol–water partition coefficient (Wildman–Crippen LogP) is 14.7. The van der Waals surface area contributed by atoms with Crippen LogP contribution in [-0.4, -0.2) is 87.4 Å². The second-order valence-electron chi connectivity index (χ2n) is 18.8. The van der Waals surface area contributed by atoms with E-state index in [2.05, 4.69) is 62.5 Å². The lowest BCUT2D eigenvalue weighted by atomic mass is 10.0. The van der Waals surface area contributed by atoms with Gasteiger partial charge in [-0.1, -0.05) is 191 Å². The average molecular weight is 903 g/mol. The molecule has 9 nitrogen and oxygen atoms in total. The van der Waals surface area contributed by atoms with E-state index in [1.54, 1.807) is 0 Å². The number of hydrogen-bond donors (Lipinski definition) is 1. The number of allylic oxidation sites excluding steroid dienone is 8. The maximum absolute atomic E-state index is 12.8. The van der Waals surface area contributed by atoms with Crippen molar-refractivity contribution < 1.29 is 42.9 Å². The van der Waals surface area contributed by atoms with Crippen molar-refractivity contribution in [2.24, 2.45) is 0 Å². The van der Waals surface area contributed by atoms with Crippen LogP contribution in [0, 0.1) is 0 Å². The van der Waals surface area contributed by atoms with Gasteiger partial charge in [0.25, 0.3) is 6.29 Å². The van der Waals surface area contributed by atoms with E-state index in [4.69, 9.17) is 18.9 Å². The van der Waals surface area contributed by atoms with E-state index in [0.717, 1.165) is 70.6 Å². The Hall–Kier alpha value is -2.75. The number of aliphatic carboxylic acids is 1. The molecule has 0 amide bonds. The number of carboxylic acids is 1. The molecule has 2 atom stereocenters. The first-order chi connectivity index (χ1) is 31.1. The number of likely N-dealkylation sites (N-methyl/N-ethyl adjacent to an activating group) is 1. The van der Waals surface area contributed by atoms with Crippen LogP contribution in [0.5, 0.6) is 0 Å². The van der Waals surface area contributed by atoms with E-state index in [1.807, 2.05) is 21.1 Å². The molecule has 0 aromatic rings. The number of nitrogens with zero attached hydrogens (tertiary/aromatic N) is 1. The number of carbonyl (C=O) groups is 3. The molecule has 0 aliphatic carbocycles. The summed E-state index contributed by atoms with van der Waals surface area (Å²) in [6, 6.07) is 0. The Bertz CT molecular complexity index is 1190. The second-order valence-corrected chi connectivity index (χ2v) is 18.8. The third-order valence-corrected chi connectivity index (χ3v) is 11.3. The molecule has 64 heavy (non-hydrogen) atoms. The number of carbonyl (C=O) groups excluding carboxylic acids is 2. The Balaban J connectivity index is 4.27. The number of ether oxygens (including phenoxy) is 4. The number of esters is 2. The summed E-state index contributed by atoms with van der Waals surface area (Å²) in [5, 5.41) is 9.67. The van der Waals surface area contributed by atoms with Crippen LogP contribution in [-0.2, 0) is 33.3 Å². The molecular weight excluding hydrogens is 803 g/mol. The molecule has 0 aromatic heterocycles. The maximum atomic E-state index is 12.8. The first-order valence-corrected chi connectivity index (χ1v) is 26.3. The summed E-state index contributed by atoms with van der Waals surface area (Å²) >= 11 is 0. The number of rotatable bonds is 48. The largest absolute Gasteiger partial charge is 0.477 e. The van der Waals surface area contributed by atoms with Gasteiger partial charge in [0, 0.05) is 12.8 Å². The van der Waals surface area contributed by atoms with Crippen LogP contribution >= 0.6 is 0 Å². The van der Waals surface area contributed by atoms with Crippen molar-refractivity contribution in [3.05, 3.63) is 48.6 Å². The van der Waals surface area contributed by atoms with Gasteiger partial charge >= 0.3 is 17.9 Å². The van der Waals surface area contributed by atoms with Crippen molar-refractivity contribution in [3.8, 4) is 0 Å². The van der Waals surface area contributed by atoms with Crippen LogP contribution in [0.1, 0.15) is 226 Å². The summed E-state index contributed by atoms with van der Waals surface area (Å²) in [6.45, 7) is 4.81. The Morgan fingerprint density at radius 1 is 0.469 bits per heavy atom. The second kappa shape index (κ2) is 46.8. The molecule has 0 heterocycles. The van der Waals surface area contributed by atoms with E-state index < -0.39 is 24.3 Å². The molecule has 0 fully saturated rings. The molecule has 372 valence electrons. The SMILES string of the molecule is CCCC/C=C\C/C=C\CCCCCCCC(=O)OCC(COC(OCC[N+](C)(C)C)C(=O)O)OC(=O)CCCCCCCCCCCCCCC/C=C\C/C=C\CCCCCCC. The van der Waals surface area contributed by atoms with E-state index >= 15 is 0 Å². The maximum Gasteiger partial charge on any atom is 0.361 e. The van der Waals surface area contributed by atoms with Crippen LogP contribution in [0.2, 0.25) is 0 Å². The lowest BCUT2D eigenvalue weighted by Crippen LogP contribution is -2.40. The van der Waals surface area contributed by atoms with E-state index in [0.29, 0.717) is 11.0 Å². The molecule has 0 bridgehead atoms. The van der Waals surface area contributed by atoms with Gasteiger partial charge in [0.1, 0.15) is 13.2 Å². The fourth-order valence-electron chi connectivity index (χ4n) is 7.18. The average Bonchev–Trinajstić information content (AvgIpc) is 3.26. The summed E-state index contributed by atoms with van der Waals surface area (Å²) in [6.07, 6.45) is 53.2. The zero-order chi connectivity index (χ0) is 47.0. The van der Waals surface area contributed by atoms with Crippen molar-refractivity contribution in [1.82, 2.24) is 0 Å². The Kier molecular flexibility index (Phi) is 44.8. The predicted molar refractivity (Wildman–Crippen MR) is 267 cm³/mol. The number of quaternary nitrogens is 1. The molecule has 0 spiro atoms. The quantitative estimate of drug-likeness (QED) is 0.0211. The Labute approximate surface area is 393 Å². The third kappa shape index (κ3) is 47.2. The van der Waals surface area contributed by atoms with Crippen LogP contribution in [0.4, 0.5) is 0 Å². The van der Waals surface area contributed by atoms with Gasteiger partial charge in [-0.3, -0.25) is 9.59 Å². The van der Waals surface area contributed by atoms with E-state index in [9.17, 15) is 19.5 Å². The summed E-state index contributed by atoms with van der Waals surface area (Å²) in [7, 11) is 5.96. The fourth-order valence-corrected chi connectivity index (χ4v) is 7.18. The van der Waals surface area contributed by atoms with E-state index in [1.165, 1.54) is 128 Å². The molecule has 0 radical (unpaired) electrons. The van der Waals surface area contributed by atoms with Crippen molar-refractivity contribution >= 4 is 17.9 Å². The number of carboxylic acid groups (broad SMARTS) is 1. The highest BCUT2D eigenvalue weighted by Crippen LogP contribution is 2.15.